The standard InChI is InChI=1S/C29H32N2O4/c1-34-26-16-13-20(18-27(26)35-2)28(32)30-24-15-14-23(21-10-4-5-11-22(21)24)29(33)31-17-7-9-19-8-3-6-12-25(19)31/h4-5,10-11,13-16,18-19,25H,3,6-9,12,17H2,1-2H3,(H,30,32). The molecule has 0 radical (unpaired) electrons. The molecule has 182 valence electrons. The van der Waals surface area contributed by atoms with Crippen LogP contribution in [0.2, 0.25) is 0 Å². The smallest absolute Gasteiger partial charge is 0.255 e. The van der Waals surface area contributed by atoms with Crippen LogP contribution in [0.15, 0.2) is 54.6 Å². The molecule has 1 saturated carbocycles. The van der Waals surface area contributed by atoms with Gasteiger partial charge in [0.15, 0.2) is 11.5 Å². The fourth-order valence-corrected chi connectivity index (χ4v) is 5.80. The second-order valence-corrected chi connectivity index (χ2v) is 9.48. The molecule has 1 aliphatic heterocycles. The van der Waals surface area contributed by atoms with Crippen molar-refractivity contribution in [2.45, 2.75) is 44.6 Å². The second kappa shape index (κ2) is 9.98. The molecule has 0 spiro atoms. The number of ether oxygens (including phenoxy) is 2. The van der Waals surface area contributed by atoms with E-state index in [9.17, 15) is 9.59 Å². The van der Waals surface area contributed by atoms with Gasteiger partial charge >= 0.3 is 0 Å². The van der Waals surface area contributed by atoms with E-state index in [0.717, 1.165) is 30.2 Å². The molecule has 3 aromatic carbocycles. The molecule has 1 saturated heterocycles. The van der Waals surface area contributed by atoms with Crippen LogP contribution in [0.4, 0.5) is 5.69 Å². The maximum absolute atomic E-state index is 13.8. The van der Waals surface area contributed by atoms with Crippen LogP contribution in [0, 0.1) is 5.92 Å². The lowest BCUT2D eigenvalue weighted by atomic mass is 9.78. The number of rotatable bonds is 5. The zero-order chi connectivity index (χ0) is 24.4. The molecule has 2 amide bonds. The zero-order valence-corrected chi connectivity index (χ0v) is 20.4. The van der Waals surface area contributed by atoms with Crippen molar-refractivity contribution in [3.05, 3.63) is 65.7 Å². The highest BCUT2D eigenvalue weighted by molar-refractivity contribution is 6.14. The van der Waals surface area contributed by atoms with Gasteiger partial charge in [-0.1, -0.05) is 37.1 Å². The molecular formula is C29H32N2O4. The number of anilines is 1. The first-order chi connectivity index (χ1) is 17.1. The number of benzene rings is 3. The Morgan fingerprint density at radius 2 is 1.60 bits per heavy atom. The Balaban J connectivity index is 1.44. The molecule has 1 N–H and O–H groups in total. The summed E-state index contributed by atoms with van der Waals surface area (Å²) < 4.78 is 10.6. The first-order valence-corrected chi connectivity index (χ1v) is 12.5. The maximum atomic E-state index is 13.8. The van der Waals surface area contributed by atoms with Gasteiger partial charge in [-0.15, -0.1) is 0 Å². The second-order valence-electron chi connectivity index (χ2n) is 9.48. The van der Waals surface area contributed by atoms with Gasteiger partial charge in [-0.25, -0.2) is 0 Å². The molecule has 35 heavy (non-hydrogen) atoms. The topological polar surface area (TPSA) is 67.9 Å². The van der Waals surface area contributed by atoms with Crippen LogP contribution in [0.25, 0.3) is 10.8 Å². The molecule has 1 heterocycles. The van der Waals surface area contributed by atoms with Crippen molar-refractivity contribution in [3.63, 3.8) is 0 Å². The normalized spacial score (nSPS) is 19.7. The first-order valence-electron chi connectivity index (χ1n) is 12.5. The number of likely N-dealkylation sites (tertiary alicyclic amines) is 1. The van der Waals surface area contributed by atoms with E-state index in [2.05, 4.69) is 10.2 Å². The fraction of sp³-hybridized carbons (Fsp3) is 0.379. The minimum Gasteiger partial charge on any atom is -0.493 e. The number of nitrogens with one attached hydrogen (secondary N) is 1. The van der Waals surface area contributed by atoms with E-state index in [1.54, 1.807) is 32.4 Å². The predicted octanol–water partition coefficient (Wildman–Crippen LogP) is 5.90. The summed E-state index contributed by atoms with van der Waals surface area (Å²) in [6, 6.07) is 16.9. The van der Waals surface area contributed by atoms with E-state index in [1.807, 2.05) is 36.4 Å². The summed E-state index contributed by atoms with van der Waals surface area (Å²) in [5, 5.41) is 4.73. The lowest BCUT2D eigenvalue weighted by Crippen LogP contribution is -2.49. The minimum absolute atomic E-state index is 0.107. The van der Waals surface area contributed by atoms with Crippen molar-refractivity contribution < 1.29 is 19.1 Å². The average Bonchev–Trinajstić information content (AvgIpc) is 2.92. The van der Waals surface area contributed by atoms with E-state index in [0.29, 0.717) is 40.3 Å². The molecule has 2 fully saturated rings. The van der Waals surface area contributed by atoms with Crippen LogP contribution in [0.1, 0.15) is 59.2 Å². The summed E-state index contributed by atoms with van der Waals surface area (Å²) in [5.74, 6) is 1.54. The number of carbonyl (C=O) groups is 2. The number of piperidine rings is 1. The molecule has 6 nitrogen and oxygen atoms in total. The first kappa shape index (κ1) is 23.2. The minimum atomic E-state index is -0.253. The summed E-state index contributed by atoms with van der Waals surface area (Å²) in [7, 11) is 3.10. The van der Waals surface area contributed by atoms with E-state index in [1.165, 1.54) is 25.7 Å². The maximum Gasteiger partial charge on any atom is 0.255 e. The molecule has 2 aliphatic rings. The van der Waals surface area contributed by atoms with Gasteiger partial charge in [-0.05, 0) is 67.3 Å². The van der Waals surface area contributed by atoms with Gasteiger partial charge in [-0.2, -0.15) is 0 Å². The van der Waals surface area contributed by atoms with Gasteiger partial charge < -0.3 is 19.7 Å². The Kier molecular flexibility index (Phi) is 6.62. The van der Waals surface area contributed by atoms with Crippen LogP contribution < -0.4 is 14.8 Å². The molecule has 6 heteroatoms. The average molecular weight is 473 g/mol. The fourth-order valence-electron chi connectivity index (χ4n) is 5.80. The van der Waals surface area contributed by atoms with Gasteiger partial charge in [0.05, 0.1) is 14.2 Å². The summed E-state index contributed by atoms with van der Waals surface area (Å²) in [5.41, 5.74) is 1.84. The highest BCUT2D eigenvalue weighted by Crippen LogP contribution is 2.37. The Morgan fingerprint density at radius 3 is 2.40 bits per heavy atom. The van der Waals surface area contributed by atoms with Crippen molar-refractivity contribution >= 4 is 28.3 Å². The van der Waals surface area contributed by atoms with Crippen molar-refractivity contribution in [1.29, 1.82) is 0 Å². The highest BCUT2D eigenvalue weighted by atomic mass is 16.5. The van der Waals surface area contributed by atoms with Gasteiger partial charge in [0.25, 0.3) is 11.8 Å². The van der Waals surface area contributed by atoms with Crippen LogP contribution in [0.3, 0.4) is 0 Å². The molecule has 0 aromatic heterocycles. The van der Waals surface area contributed by atoms with Gasteiger partial charge in [0.2, 0.25) is 0 Å². The molecule has 2 atom stereocenters. The molecule has 2 unspecified atom stereocenters. The van der Waals surface area contributed by atoms with E-state index in [4.69, 9.17) is 9.47 Å². The van der Waals surface area contributed by atoms with Crippen molar-refractivity contribution in [2.24, 2.45) is 5.92 Å². The van der Waals surface area contributed by atoms with Crippen molar-refractivity contribution in [1.82, 2.24) is 4.90 Å². The van der Waals surface area contributed by atoms with E-state index in [-0.39, 0.29) is 11.8 Å². The van der Waals surface area contributed by atoms with Crippen LogP contribution >= 0.6 is 0 Å². The predicted molar refractivity (Wildman–Crippen MR) is 137 cm³/mol. The third-order valence-electron chi connectivity index (χ3n) is 7.55. The Hall–Kier alpha value is -3.54. The third-order valence-corrected chi connectivity index (χ3v) is 7.55. The largest absolute Gasteiger partial charge is 0.493 e. The SMILES string of the molecule is COc1ccc(C(=O)Nc2ccc(C(=O)N3CCCC4CCCCC43)c3ccccc23)cc1OC. The Morgan fingerprint density at radius 1 is 0.857 bits per heavy atom. The molecule has 1 aliphatic carbocycles. The quantitative estimate of drug-likeness (QED) is 0.502. The third kappa shape index (κ3) is 4.45. The molecule has 5 rings (SSSR count). The lowest BCUT2D eigenvalue weighted by Gasteiger charge is -2.44. The summed E-state index contributed by atoms with van der Waals surface area (Å²) >= 11 is 0. The van der Waals surface area contributed by atoms with Gasteiger partial charge in [-0.3, -0.25) is 9.59 Å². The highest BCUT2D eigenvalue weighted by Gasteiger charge is 2.36. The Labute approximate surface area is 206 Å². The van der Waals surface area contributed by atoms with Crippen LogP contribution in [-0.2, 0) is 0 Å². The van der Waals surface area contributed by atoms with E-state index >= 15 is 0 Å². The molecule has 3 aromatic rings. The number of nitrogens with zero attached hydrogens (tertiary/aromatic N) is 1. The lowest BCUT2D eigenvalue weighted by molar-refractivity contribution is 0.0392. The summed E-state index contributed by atoms with van der Waals surface area (Å²) in [6.07, 6.45) is 7.12. The monoisotopic (exact) mass is 472 g/mol. The van der Waals surface area contributed by atoms with Crippen LogP contribution in [-0.4, -0.2) is 43.5 Å². The number of fused-ring (bicyclic) bond motifs is 2. The Bertz CT molecular complexity index is 1250. The van der Waals surface area contributed by atoms with Crippen molar-refractivity contribution in [3.8, 4) is 11.5 Å². The number of hydrogen-bond donors (Lipinski definition) is 1. The molecular weight excluding hydrogens is 440 g/mol. The van der Waals surface area contributed by atoms with Gasteiger partial charge in [0, 0.05) is 34.8 Å². The number of carbonyl (C=O) groups excluding carboxylic acids is 2. The summed E-state index contributed by atoms with van der Waals surface area (Å²) in [4.78, 5) is 29.0. The van der Waals surface area contributed by atoms with Crippen LogP contribution in [0.5, 0.6) is 11.5 Å². The van der Waals surface area contributed by atoms with E-state index < -0.39 is 0 Å². The zero-order valence-electron chi connectivity index (χ0n) is 20.4. The van der Waals surface area contributed by atoms with Gasteiger partial charge in [0.1, 0.15) is 0 Å². The number of amides is 2. The van der Waals surface area contributed by atoms with Crippen molar-refractivity contribution in [2.75, 3.05) is 26.1 Å². The number of methoxy groups -OCH3 is 2. The molecule has 0 bridgehead atoms. The number of hydrogen-bond acceptors (Lipinski definition) is 4. The summed E-state index contributed by atoms with van der Waals surface area (Å²) in [6.45, 7) is 0.826.